The standard InChI is InChI=1S/C23H27N3O2/c1-5-18-9-7-8-10-21(18)25-15-19(14-24)23(27)26-17(4)20-13-16(3)11-12-22(20)28-6-2/h7-13,15,17,25H,5-6H2,1-4H3,(H,26,27)/b19-15-. The topological polar surface area (TPSA) is 74.1 Å². The van der Waals surface area contributed by atoms with Gasteiger partial charge in [0.05, 0.1) is 12.6 Å². The van der Waals surface area contributed by atoms with Crippen LogP contribution in [-0.2, 0) is 11.2 Å². The third-order valence-electron chi connectivity index (χ3n) is 4.41. The lowest BCUT2D eigenvalue weighted by molar-refractivity contribution is -0.117. The number of hydrogen-bond donors (Lipinski definition) is 2. The molecule has 0 spiro atoms. The van der Waals surface area contributed by atoms with Gasteiger partial charge in [0.2, 0.25) is 0 Å². The number of carbonyl (C=O) groups excluding carboxylic acids is 1. The number of carbonyl (C=O) groups is 1. The summed E-state index contributed by atoms with van der Waals surface area (Å²) in [5.74, 6) is 0.304. The van der Waals surface area contributed by atoms with Crippen molar-refractivity contribution in [2.45, 2.75) is 40.2 Å². The Kier molecular flexibility index (Phi) is 7.65. The minimum atomic E-state index is -0.430. The molecule has 0 heterocycles. The fraction of sp³-hybridized carbons (Fsp3) is 0.304. The largest absolute Gasteiger partial charge is 0.494 e. The van der Waals surface area contributed by atoms with Crippen LogP contribution in [0.2, 0.25) is 0 Å². The fourth-order valence-electron chi connectivity index (χ4n) is 2.91. The molecule has 1 unspecified atom stereocenters. The normalized spacial score (nSPS) is 12.0. The Morgan fingerprint density at radius 1 is 1.25 bits per heavy atom. The number of ether oxygens (including phenoxy) is 1. The molecule has 5 nitrogen and oxygen atoms in total. The second kappa shape index (κ2) is 10.2. The highest BCUT2D eigenvalue weighted by molar-refractivity contribution is 5.97. The lowest BCUT2D eigenvalue weighted by atomic mass is 10.0. The summed E-state index contributed by atoms with van der Waals surface area (Å²) in [5.41, 5.74) is 3.98. The van der Waals surface area contributed by atoms with E-state index in [2.05, 4.69) is 17.6 Å². The van der Waals surface area contributed by atoms with Crippen LogP contribution in [0.15, 0.2) is 54.2 Å². The molecule has 2 aromatic rings. The molecule has 0 saturated carbocycles. The van der Waals surface area contributed by atoms with Crippen LogP contribution in [0.3, 0.4) is 0 Å². The number of amides is 1. The molecule has 2 N–H and O–H groups in total. The zero-order valence-electron chi connectivity index (χ0n) is 16.9. The fourth-order valence-corrected chi connectivity index (χ4v) is 2.91. The first kappa shape index (κ1) is 21.0. The predicted octanol–water partition coefficient (Wildman–Crippen LogP) is 4.65. The summed E-state index contributed by atoms with van der Waals surface area (Å²) in [6, 6.07) is 15.3. The molecule has 0 fully saturated rings. The van der Waals surface area contributed by atoms with Crippen molar-refractivity contribution < 1.29 is 9.53 Å². The molecule has 28 heavy (non-hydrogen) atoms. The number of nitrogens with one attached hydrogen (secondary N) is 2. The Hall–Kier alpha value is -3.26. The van der Waals surface area contributed by atoms with E-state index in [1.54, 1.807) is 0 Å². The van der Waals surface area contributed by atoms with Crippen molar-refractivity contribution in [3.8, 4) is 11.8 Å². The molecule has 5 heteroatoms. The zero-order valence-corrected chi connectivity index (χ0v) is 16.9. The lowest BCUT2D eigenvalue weighted by Crippen LogP contribution is -2.28. The van der Waals surface area contributed by atoms with E-state index in [1.165, 1.54) is 6.20 Å². The van der Waals surface area contributed by atoms with Crippen LogP contribution in [-0.4, -0.2) is 12.5 Å². The van der Waals surface area contributed by atoms with Gasteiger partial charge in [0.25, 0.3) is 5.91 Å². The van der Waals surface area contributed by atoms with Crippen LogP contribution in [0.4, 0.5) is 5.69 Å². The number of nitrogens with zero attached hydrogens (tertiary/aromatic N) is 1. The maximum Gasteiger partial charge on any atom is 0.263 e. The van der Waals surface area contributed by atoms with E-state index in [1.807, 2.05) is 69.3 Å². The summed E-state index contributed by atoms with van der Waals surface area (Å²) in [6.45, 7) is 8.39. The van der Waals surface area contributed by atoms with E-state index < -0.39 is 5.91 Å². The van der Waals surface area contributed by atoms with Crippen molar-refractivity contribution in [2.75, 3.05) is 11.9 Å². The van der Waals surface area contributed by atoms with Gasteiger partial charge < -0.3 is 15.4 Å². The van der Waals surface area contributed by atoms with E-state index in [9.17, 15) is 10.1 Å². The van der Waals surface area contributed by atoms with Gasteiger partial charge in [-0.3, -0.25) is 4.79 Å². The number of nitriles is 1. The highest BCUT2D eigenvalue weighted by Gasteiger charge is 2.17. The Bertz CT molecular complexity index is 897. The van der Waals surface area contributed by atoms with Crippen LogP contribution < -0.4 is 15.4 Å². The molecule has 0 aliphatic carbocycles. The number of rotatable bonds is 8. The van der Waals surface area contributed by atoms with E-state index in [0.717, 1.165) is 34.5 Å². The van der Waals surface area contributed by atoms with Crippen molar-refractivity contribution in [3.05, 3.63) is 70.9 Å². The number of para-hydroxylation sites is 1. The predicted molar refractivity (Wildman–Crippen MR) is 112 cm³/mol. The number of aryl methyl sites for hydroxylation is 2. The molecule has 0 radical (unpaired) electrons. The van der Waals surface area contributed by atoms with Gasteiger partial charge in [-0.1, -0.05) is 42.8 Å². The molecular weight excluding hydrogens is 350 g/mol. The average molecular weight is 377 g/mol. The van der Waals surface area contributed by atoms with Crippen LogP contribution in [0.25, 0.3) is 0 Å². The minimum Gasteiger partial charge on any atom is -0.494 e. The molecule has 2 rings (SSSR count). The molecule has 0 aliphatic heterocycles. The second-order valence-corrected chi connectivity index (χ2v) is 6.49. The second-order valence-electron chi connectivity index (χ2n) is 6.49. The Morgan fingerprint density at radius 3 is 2.68 bits per heavy atom. The highest BCUT2D eigenvalue weighted by atomic mass is 16.5. The van der Waals surface area contributed by atoms with Crippen LogP contribution >= 0.6 is 0 Å². The Labute approximate surface area is 167 Å². The lowest BCUT2D eigenvalue weighted by Gasteiger charge is -2.18. The molecule has 0 aliphatic rings. The molecule has 0 aromatic heterocycles. The molecule has 1 amide bonds. The summed E-state index contributed by atoms with van der Waals surface area (Å²) < 4.78 is 5.67. The third-order valence-corrected chi connectivity index (χ3v) is 4.41. The first-order valence-electron chi connectivity index (χ1n) is 9.49. The van der Waals surface area contributed by atoms with E-state index in [4.69, 9.17) is 4.74 Å². The van der Waals surface area contributed by atoms with Crippen molar-refractivity contribution in [1.29, 1.82) is 5.26 Å². The van der Waals surface area contributed by atoms with Gasteiger partial charge >= 0.3 is 0 Å². The smallest absolute Gasteiger partial charge is 0.263 e. The summed E-state index contributed by atoms with van der Waals surface area (Å²) in [4.78, 5) is 12.6. The number of benzene rings is 2. The first-order chi connectivity index (χ1) is 13.5. The Morgan fingerprint density at radius 2 is 2.00 bits per heavy atom. The first-order valence-corrected chi connectivity index (χ1v) is 9.49. The number of anilines is 1. The summed E-state index contributed by atoms with van der Waals surface area (Å²) in [7, 11) is 0. The monoisotopic (exact) mass is 377 g/mol. The molecule has 146 valence electrons. The molecular formula is C23H27N3O2. The number of hydrogen-bond acceptors (Lipinski definition) is 4. The van der Waals surface area contributed by atoms with E-state index in [-0.39, 0.29) is 11.6 Å². The molecule has 2 aromatic carbocycles. The van der Waals surface area contributed by atoms with Gasteiger partial charge in [0, 0.05) is 17.5 Å². The molecule has 0 saturated heterocycles. The van der Waals surface area contributed by atoms with Gasteiger partial charge in [0.1, 0.15) is 17.4 Å². The maximum absolute atomic E-state index is 12.6. The van der Waals surface area contributed by atoms with Crippen molar-refractivity contribution in [3.63, 3.8) is 0 Å². The maximum atomic E-state index is 12.6. The van der Waals surface area contributed by atoms with Crippen molar-refractivity contribution in [1.82, 2.24) is 5.32 Å². The summed E-state index contributed by atoms with van der Waals surface area (Å²) >= 11 is 0. The van der Waals surface area contributed by atoms with Gasteiger partial charge in [0.15, 0.2) is 0 Å². The Balaban J connectivity index is 2.16. The van der Waals surface area contributed by atoms with Gasteiger partial charge in [-0.05, 0) is 44.9 Å². The quantitative estimate of drug-likeness (QED) is 0.519. The molecule has 1 atom stereocenters. The van der Waals surface area contributed by atoms with Gasteiger partial charge in [-0.15, -0.1) is 0 Å². The zero-order chi connectivity index (χ0) is 20.5. The average Bonchev–Trinajstić information content (AvgIpc) is 2.70. The minimum absolute atomic E-state index is 0.0170. The van der Waals surface area contributed by atoms with Crippen molar-refractivity contribution >= 4 is 11.6 Å². The van der Waals surface area contributed by atoms with Crippen LogP contribution in [0.5, 0.6) is 5.75 Å². The third kappa shape index (κ3) is 5.37. The van der Waals surface area contributed by atoms with E-state index in [0.29, 0.717) is 6.61 Å². The van der Waals surface area contributed by atoms with Crippen LogP contribution in [0, 0.1) is 18.3 Å². The van der Waals surface area contributed by atoms with Gasteiger partial charge in [-0.25, -0.2) is 0 Å². The summed E-state index contributed by atoms with van der Waals surface area (Å²) in [5, 5.41) is 15.4. The highest BCUT2D eigenvalue weighted by Crippen LogP contribution is 2.26. The molecule has 0 bridgehead atoms. The summed E-state index contributed by atoms with van der Waals surface area (Å²) in [6.07, 6.45) is 2.31. The van der Waals surface area contributed by atoms with Crippen LogP contribution in [0.1, 0.15) is 43.5 Å². The SMILES string of the molecule is CCOc1ccc(C)cc1C(C)NC(=O)/C(C#N)=C\Nc1ccccc1CC. The van der Waals surface area contributed by atoms with Crippen molar-refractivity contribution in [2.24, 2.45) is 0 Å². The van der Waals surface area contributed by atoms with E-state index >= 15 is 0 Å². The van der Waals surface area contributed by atoms with Gasteiger partial charge in [-0.2, -0.15) is 5.26 Å².